The normalized spacial score (nSPS) is 14.6. The van der Waals surface area contributed by atoms with Crippen molar-refractivity contribution in [2.75, 3.05) is 5.43 Å². The van der Waals surface area contributed by atoms with Crippen molar-refractivity contribution in [2.24, 2.45) is 5.10 Å². The van der Waals surface area contributed by atoms with E-state index in [0.717, 1.165) is 39.6 Å². The van der Waals surface area contributed by atoms with E-state index in [9.17, 15) is 20.2 Å². The number of non-ortho nitro benzene ring substituents is 1. The lowest BCUT2D eigenvalue weighted by molar-refractivity contribution is -0.393. The van der Waals surface area contributed by atoms with Crippen LogP contribution < -0.4 is 10.2 Å². The maximum atomic E-state index is 11.6. The summed E-state index contributed by atoms with van der Waals surface area (Å²) in [5, 5.41) is 27.0. The van der Waals surface area contributed by atoms with Crippen molar-refractivity contribution in [3.8, 4) is 5.75 Å². The molecule has 1 aliphatic rings. The van der Waals surface area contributed by atoms with Gasteiger partial charge in [-0.2, -0.15) is 5.10 Å². The first-order chi connectivity index (χ1) is 18.4. The molecule has 0 saturated carbocycles. The Morgan fingerprint density at radius 1 is 0.868 bits per heavy atom. The summed E-state index contributed by atoms with van der Waals surface area (Å²) in [5.74, 6) is 1.11. The van der Waals surface area contributed by atoms with Crippen molar-refractivity contribution in [2.45, 2.75) is 12.8 Å². The molecule has 1 atom stereocenters. The van der Waals surface area contributed by atoms with Gasteiger partial charge in [0.25, 0.3) is 5.69 Å². The van der Waals surface area contributed by atoms with E-state index in [0.29, 0.717) is 5.76 Å². The molecule has 0 aromatic heterocycles. The zero-order chi connectivity index (χ0) is 26.6. The van der Waals surface area contributed by atoms with Crippen molar-refractivity contribution in [3.63, 3.8) is 0 Å². The molecule has 0 spiro atoms. The lowest BCUT2D eigenvalue weighted by Crippen LogP contribution is -2.17. The second kappa shape index (κ2) is 10.4. The van der Waals surface area contributed by atoms with Crippen molar-refractivity contribution in [1.82, 2.24) is 0 Å². The third-order valence-electron chi connectivity index (χ3n) is 6.24. The summed E-state index contributed by atoms with van der Waals surface area (Å²) < 4.78 is 6.39. The molecule has 0 aliphatic carbocycles. The molecule has 0 bridgehead atoms. The van der Waals surface area contributed by atoms with Gasteiger partial charge in [0.15, 0.2) is 0 Å². The zero-order valence-corrected chi connectivity index (χ0v) is 20.3. The Labute approximate surface area is 218 Å². The molecule has 0 fully saturated rings. The van der Waals surface area contributed by atoms with Gasteiger partial charge < -0.3 is 4.74 Å². The minimum absolute atomic E-state index is 0.0303. The summed E-state index contributed by atoms with van der Waals surface area (Å²) in [4.78, 5) is 21.3. The first-order valence-electron chi connectivity index (χ1n) is 11.8. The minimum Gasteiger partial charge on any atom is -0.456 e. The van der Waals surface area contributed by atoms with E-state index in [1.54, 1.807) is 6.21 Å². The topological polar surface area (TPSA) is 120 Å². The highest BCUT2D eigenvalue weighted by Crippen LogP contribution is 2.45. The van der Waals surface area contributed by atoms with Crippen molar-refractivity contribution in [1.29, 1.82) is 0 Å². The van der Waals surface area contributed by atoms with E-state index in [4.69, 9.17) is 4.74 Å². The van der Waals surface area contributed by atoms with Crippen molar-refractivity contribution >= 4 is 29.0 Å². The molecule has 1 aliphatic heterocycles. The molecule has 1 heterocycles. The highest BCUT2D eigenvalue weighted by atomic mass is 16.6. The molecule has 4 aromatic rings. The predicted octanol–water partition coefficient (Wildman–Crippen LogP) is 6.84. The number of allylic oxidation sites excluding steroid dienone is 1. The molecule has 38 heavy (non-hydrogen) atoms. The van der Waals surface area contributed by atoms with Crippen LogP contribution in [0.25, 0.3) is 5.76 Å². The van der Waals surface area contributed by atoms with Crippen molar-refractivity contribution < 1.29 is 14.6 Å². The van der Waals surface area contributed by atoms with Crippen LogP contribution in [0.15, 0.2) is 108 Å². The lowest BCUT2D eigenvalue weighted by Gasteiger charge is -2.30. The highest BCUT2D eigenvalue weighted by molar-refractivity contribution is 5.94. The van der Waals surface area contributed by atoms with Gasteiger partial charge in [-0.25, -0.2) is 0 Å². The van der Waals surface area contributed by atoms with Gasteiger partial charge in [-0.05, 0) is 24.6 Å². The molecular formula is C29H22N4O5. The lowest BCUT2D eigenvalue weighted by atomic mass is 9.81. The number of nitro groups is 2. The number of rotatable bonds is 7. The standard InChI is InChI=1S/C29H22N4O5/c1-19-11-13-20(14-12-19)28-23-9-5-6-10-27(23)38-29(21-7-3-2-4-8-21)24(28)18-30-31-25-16-15-22(32(34)35)17-26(25)33(36)37/h2-18,28,31H,1H3/b30-18-/t28-/m0/s1. The summed E-state index contributed by atoms with van der Waals surface area (Å²) >= 11 is 0. The number of anilines is 1. The summed E-state index contributed by atoms with van der Waals surface area (Å²) in [6, 6.07) is 29.0. The van der Waals surface area contributed by atoms with Gasteiger partial charge in [-0.1, -0.05) is 78.4 Å². The number of nitrogens with one attached hydrogen (secondary N) is 1. The SMILES string of the molecule is Cc1ccc([C@@H]2C(/C=N\Nc3ccc([N+](=O)[O-])cc3[N+](=O)[O-])=C(c3ccccc3)Oc3ccccc32)cc1. The number of hydrazone groups is 1. The van der Waals surface area contributed by atoms with Gasteiger partial charge in [0, 0.05) is 28.7 Å². The zero-order valence-electron chi connectivity index (χ0n) is 20.3. The van der Waals surface area contributed by atoms with E-state index < -0.39 is 15.5 Å². The Morgan fingerprint density at radius 3 is 2.29 bits per heavy atom. The Kier molecular flexibility index (Phi) is 6.65. The molecule has 0 saturated heterocycles. The fraction of sp³-hybridized carbons (Fsp3) is 0.0690. The van der Waals surface area contributed by atoms with E-state index in [1.807, 2.05) is 73.7 Å². The average Bonchev–Trinajstić information content (AvgIpc) is 2.93. The molecule has 0 amide bonds. The van der Waals surface area contributed by atoms with E-state index in [1.165, 1.54) is 12.1 Å². The quantitative estimate of drug-likeness (QED) is 0.166. The molecule has 188 valence electrons. The number of hydrogen-bond donors (Lipinski definition) is 1. The minimum atomic E-state index is -0.686. The smallest absolute Gasteiger partial charge is 0.301 e. The largest absolute Gasteiger partial charge is 0.456 e. The van der Waals surface area contributed by atoms with Crippen LogP contribution in [0, 0.1) is 27.2 Å². The molecule has 1 N–H and O–H groups in total. The number of hydrogen-bond acceptors (Lipinski definition) is 7. The Bertz CT molecular complexity index is 1580. The van der Waals surface area contributed by atoms with Crippen LogP contribution in [0.5, 0.6) is 5.75 Å². The van der Waals surface area contributed by atoms with Gasteiger partial charge in [-0.3, -0.25) is 25.7 Å². The van der Waals surface area contributed by atoms with Gasteiger partial charge in [0.1, 0.15) is 17.2 Å². The van der Waals surface area contributed by atoms with Crippen LogP contribution in [-0.4, -0.2) is 16.1 Å². The van der Waals surface area contributed by atoms with Gasteiger partial charge >= 0.3 is 5.69 Å². The number of nitro benzene ring substituents is 2. The third-order valence-corrected chi connectivity index (χ3v) is 6.24. The van der Waals surface area contributed by atoms with Crippen LogP contribution in [0.4, 0.5) is 17.1 Å². The van der Waals surface area contributed by atoms with Gasteiger partial charge in [-0.15, -0.1) is 0 Å². The van der Waals surface area contributed by atoms with E-state index >= 15 is 0 Å². The molecular weight excluding hydrogens is 484 g/mol. The van der Waals surface area contributed by atoms with E-state index in [-0.39, 0.29) is 17.3 Å². The first-order valence-corrected chi connectivity index (χ1v) is 11.8. The van der Waals surface area contributed by atoms with E-state index in [2.05, 4.69) is 22.7 Å². The third kappa shape index (κ3) is 4.85. The number of aryl methyl sites for hydroxylation is 1. The molecule has 0 radical (unpaired) electrons. The van der Waals surface area contributed by atoms with Gasteiger partial charge in [0.2, 0.25) is 0 Å². The maximum Gasteiger partial charge on any atom is 0.301 e. The molecule has 5 rings (SSSR count). The second-order valence-corrected chi connectivity index (χ2v) is 8.72. The van der Waals surface area contributed by atoms with Crippen LogP contribution in [-0.2, 0) is 0 Å². The van der Waals surface area contributed by atoms with Crippen LogP contribution in [0.2, 0.25) is 0 Å². The summed E-state index contributed by atoms with van der Waals surface area (Å²) in [6.07, 6.45) is 1.59. The Hall–Kier alpha value is -5.31. The fourth-order valence-electron chi connectivity index (χ4n) is 4.40. The number of benzene rings is 4. The average molecular weight is 507 g/mol. The number of para-hydroxylation sites is 1. The van der Waals surface area contributed by atoms with Gasteiger partial charge in [0.05, 0.1) is 22.1 Å². The fourth-order valence-corrected chi connectivity index (χ4v) is 4.40. The molecule has 4 aromatic carbocycles. The molecule has 9 nitrogen and oxygen atoms in total. The number of nitrogens with zero attached hydrogens (tertiary/aromatic N) is 3. The number of ether oxygens (including phenoxy) is 1. The number of fused-ring (bicyclic) bond motifs is 1. The second-order valence-electron chi connectivity index (χ2n) is 8.72. The summed E-state index contributed by atoms with van der Waals surface area (Å²) in [5.41, 5.74) is 6.61. The highest BCUT2D eigenvalue weighted by Gasteiger charge is 2.31. The maximum absolute atomic E-state index is 11.6. The molecule has 9 heteroatoms. The van der Waals surface area contributed by atoms with Crippen molar-refractivity contribution in [3.05, 3.63) is 145 Å². The van der Waals surface area contributed by atoms with Crippen LogP contribution in [0.1, 0.15) is 28.2 Å². The van der Waals surface area contributed by atoms with Crippen LogP contribution >= 0.6 is 0 Å². The monoisotopic (exact) mass is 506 g/mol. The predicted molar refractivity (Wildman–Crippen MR) is 145 cm³/mol. The first kappa shape index (κ1) is 24.4. The molecule has 0 unspecified atom stereocenters. The Balaban J connectivity index is 1.62. The van der Waals surface area contributed by atoms with Crippen LogP contribution in [0.3, 0.4) is 0 Å². The Morgan fingerprint density at radius 2 is 1.58 bits per heavy atom. The summed E-state index contributed by atoms with van der Waals surface area (Å²) in [7, 11) is 0. The summed E-state index contributed by atoms with van der Waals surface area (Å²) in [6.45, 7) is 2.02.